The first-order chi connectivity index (χ1) is 8.27. The third kappa shape index (κ3) is 3.35. The second kappa shape index (κ2) is 5.89. The molecule has 0 radical (unpaired) electrons. The van der Waals surface area contributed by atoms with Crippen LogP contribution in [-0.2, 0) is 0 Å². The first-order valence-electron chi connectivity index (χ1n) is 6.62. The predicted molar refractivity (Wildman–Crippen MR) is 65.9 cm³/mol. The van der Waals surface area contributed by atoms with Crippen molar-refractivity contribution in [2.75, 3.05) is 26.2 Å². The molecule has 0 bridgehead atoms. The second-order valence-corrected chi connectivity index (χ2v) is 4.87. The van der Waals surface area contributed by atoms with Crippen molar-refractivity contribution in [3.8, 4) is 0 Å². The molecule has 0 atom stereocenters. The lowest BCUT2D eigenvalue weighted by molar-refractivity contribution is -0.405. The number of piperidine rings is 2. The Bertz CT molecular complexity index is 272. The van der Waals surface area contributed by atoms with Crippen LogP contribution in [0.15, 0.2) is 12.0 Å². The topological polar surface area (TPSA) is 49.6 Å². The lowest BCUT2D eigenvalue weighted by atomic mass is 10.1. The molecule has 2 aliphatic rings. The lowest BCUT2D eigenvalue weighted by Gasteiger charge is -2.38. The second-order valence-electron chi connectivity index (χ2n) is 4.87. The summed E-state index contributed by atoms with van der Waals surface area (Å²) in [5.41, 5.74) is 0. The highest BCUT2D eigenvalue weighted by Gasteiger charge is 2.23. The summed E-state index contributed by atoms with van der Waals surface area (Å²) in [6.07, 6.45) is 8.33. The van der Waals surface area contributed by atoms with E-state index < -0.39 is 0 Å². The van der Waals surface area contributed by atoms with E-state index in [0.717, 1.165) is 57.7 Å². The molecule has 5 heteroatoms. The van der Waals surface area contributed by atoms with Gasteiger partial charge >= 0.3 is 0 Å². The monoisotopic (exact) mass is 239 g/mol. The average molecular weight is 239 g/mol. The third-order valence-electron chi connectivity index (χ3n) is 3.58. The molecule has 0 unspecified atom stereocenters. The van der Waals surface area contributed by atoms with E-state index in [4.69, 9.17) is 0 Å². The van der Waals surface area contributed by atoms with Crippen LogP contribution in [0.5, 0.6) is 0 Å². The van der Waals surface area contributed by atoms with Crippen LogP contribution in [0.4, 0.5) is 0 Å². The molecular weight excluding hydrogens is 218 g/mol. The average Bonchev–Trinajstić information content (AvgIpc) is 2.38. The van der Waals surface area contributed by atoms with Gasteiger partial charge < -0.3 is 9.80 Å². The van der Waals surface area contributed by atoms with Gasteiger partial charge in [-0.3, -0.25) is 10.1 Å². The molecule has 0 saturated carbocycles. The molecule has 0 amide bonds. The van der Waals surface area contributed by atoms with E-state index in [9.17, 15) is 10.1 Å². The molecule has 2 fully saturated rings. The van der Waals surface area contributed by atoms with Gasteiger partial charge in [0.1, 0.15) is 0 Å². The molecule has 96 valence electrons. The van der Waals surface area contributed by atoms with Crippen molar-refractivity contribution in [2.45, 2.75) is 38.5 Å². The molecule has 2 saturated heterocycles. The fourth-order valence-corrected chi connectivity index (χ4v) is 2.70. The quantitative estimate of drug-likeness (QED) is 0.558. The summed E-state index contributed by atoms with van der Waals surface area (Å²) in [6, 6.07) is 0. The Balaban J connectivity index is 2.08. The summed E-state index contributed by atoms with van der Waals surface area (Å²) in [5.74, 6) is 0.842. The predicted octanol–water partition coefficient (Wildman–Crippen LogP) is 2.03. The molecule has 0 aromatic heterocycles. The maximum Gasteiger partial charge on any atom is 0.274 e. The highest BCUT2D eigenvalue weighted by atomic mass is 16.6. The van der Waals surface area contributed by atoms with E-state index in [2.05, 4.69) is 9.80 Å². The molecule has 17 heavy (non-hydrogen) atoms. The van der Waals surface area contributed by atoms with Crippen molar-refractivity contribution >= 4 is 0 Å². The minimum absolute atomic E-state index is 0.307. The number of nitrogens with zero attached hydrogens (tertiary/aromatic N) is 3. The van der Waals surface area contributed by atoms with E-state index in [1.54, 1.807) is 0 Å². The van der Waals surface area contributed by atoms with Crippen LogP contribution in [0.1, 0.15) is 38.5 Å². The van der Waals surface area contributed by atoms with Gasteiger partial charge in [-0.2, -0.15) is 0 Å². The maximum absolute atomic E-state index is 10.8. The highest BCUT2D eigenvalue weighted by Crippen LogP contribution is 2.21. The molecule has 0 aliphatic carbocycles. The molecule has 0 N–H and O–H groups in total. The third-order valence-corrected chi connectivity index (χ3v) is 3.58. The van der Waals surface area contributed by atoms with Gasteiger partial charge in [-0.25, -0.2) is 0 Å². The van der Waals surface area contributed by atoms with Crippen LogP contribution in [0.3, 0.4) is 0 Å². The normalized spacial score (nSPS) is 21.2. The standard InChI is InChI=1S/C12H21N3O2/c16-15(17)11-12(13-7-3-1-4-8-13)14-9-5-2-6-10-14/h11H,1-10H2. The van der Waals surface area contributed by atoms with Gasteiger partial charge in [0.25, 0.3) is 6.20 Å². The summed E-state index contributed by atoms with van der Waals surface area (Å²) in [4.78, 5) is 14.8. The fraction of sp³-hybridized carbons (Fsp3) is 0.833. The largest absolute Gasteiger partial charge is 0.353 e. The Hall–Kier alpha value is -1.26. The Kier molecular flexibility index (Phi) is 4.23. The Morgan fingerprint density at radius 3 is 1.65 bits per heavy atom. The van der Waals surface area contributed by atoms with E-state index in [1.165, 1.54) is 19.0 Å². The zero-order chi connectivity index (χ0) is 12.1. The van der Waals surface area contributed by atoms with Crippen molar-refractivity contribution in [3.05, 3.63) is 22.1 Å². The number of hydrogen-bond donors (Lipinski definition) is 0. The minimum atomic E-state index is -0.307. The minimum Gasteiger partial charge on any atom is -0.353 e. The van der Waals surface area contributed by atoms with Gasteiger partial charge in [-0.1, -0.05) is 0 Å². The van der Waals surface area contributed by atoms with E-state index in [1.807, 2.05) is 0 Å². The molecule has 2 rings (SSSR count). The summed E-state index contributed by atoms with van der Waals surface area (Å²) < 4.78 is 0. The summed E-state index contributed by atoms with van der Waals surface area (Å²) in [5, 5.41) is 10.8. The molecule has 0 aromatic carbocycles. The fourth-order valence-electron chi connectivity index (χ4n) is 2.70. The molecule has 2 heterocycles. The van der Waals surface area contributed by atoms with Crippen LogP contribution >= 0.6 is 0 Å². The number of rotatable bonds is 3. The summed E-state index contributed by atoms with van der Waals surface area (Å²) in [6.45, 7) is 3.87. The van der Waals surface area contributed by atoms with Gasteiger partial charge in [0.2, 0.25) is 0 Å². The van der Waals surface area contributed by atoms with Crippen LogP contribution in [0.2, 0.25) is 0 Å². The van der Waals surface area contributed by atoms with Gasteiger partial charge in [0.05, 0.1) is 4.92 Å². The van der Waals surface area contributed by atoms with Crippen molar-refractivity contribution < 1.29 is 4.92 Å². The Morgan fingerprint density at radius 2 is 1.29 bits per heavy atom. The van der Waals surface area contributed by atoms with Crippen LogP contribution in [0, 0.1) is 10.1 Å². The smallest absolute Gasteiger partial charge is 0.274 e. The molecule has 0 aromatic rings. The van der Waals surface area contributed by atoms with Crippen molar-refractivity contribution in [1.29, 1.82) is 0 Å². The molecule has 0 spiro atoms. The first-order valence-corrected chi connectivity index (χ1v) is 6.62. The number of hydrogen-bond acceptors (Lipinski definition) is 4. The van der Waals surface area contributed by atoms with Crippen molar-refractivity contribution in [2.24, 2.45) is 0 Å². The Morgan fingerprint density at radius 1 is 0.882 bits per heavy atom. The van der Waals surface area contributed by atoms with Crippen molar-refractivity contribution in [1.82, 2.24) is 9.80 Å². The van der Waals surface area contributed by atoms with Crippen LogP contribution in [0.25, 0.3) is 0 Å². The van der Waals surface area contributed by atoms with Gasteiger partial charge in [-0.05, 0) is 38.5 Å². The van der Waals surface area contributed by atoms with Crippen LogP contribution in [-0.4, -0.2) is 40.9 Å². The Labute approximate surface area is 102 Å². The van der Waals surface area contributed by atoms with E-state index >= 15 is 0 Å². The summed E-state index contributed by atoms with van der Waals surface area (Å²) in [7, 11) is 0. The highest BCUT2D eigenvalue weighted by molar-refractivity contribution is 4.99. The molecule has 2 aliphatic heterocycles. The molecular formula is C12H21N3O2. The SMILES string of the molecule is O=[N+]([O-])C=C(N1CCCCC1)N1CCCCC1. The number of likely N-dealkylation sites (tertiary alicyclic amines) is 2. The number of nitro groups is 1. The van der Waals surface area contributed by atoms with E-state index in [0.29, 0.717) is 0 Å². The maximum atomic E-state index is 10.8. The lowest BCUT2D eigenvalue weighted by Crippen LogP contribution is -2.41. The zero-order valence-corrected chi connectivity index (χ0v) is 10.3. The van der Waals surface area contributed by atoms with Gasteiger partial charge in [0.15, 0.2) is 5.82 Å². The van der Waals surface area contributed by atoms with Gasteiger partial charge in [0, 0.05) is 26.2 Å². The first kappa shape index (κ1) is 12.2. The van der Waals surface area contributed by atoms with Gasteiger partial charge in [-0.15, -0.1) is 0 Å². The zero-order valence-electron chi connectivity index (χ0n) is 10.3. The molecule has 5 nitrogen and oxygen atoms in total. The van der Waals surface area contributed by atoms with Crippen molar-refractivity contribution in [3.63, 3.8) is 0 Å². The van der Waals surface area contributed by atoms with E-state index in [-0.39, 0.29) is 4.92 Å². The summed E-state index contributed by atoms with van der Waals surface area (Å²) >= 11 is 0. The van der Waals surface area contributed by atoms with Crippen LogP contribution < -0.4 is 0 Å².